The minimum atomic E-state index is -4.95. The summed E-state index contributed by atoms with van der Waals surface area (Å²) in [5.74, 6) is 0.762. The Morgan fingerprint density at radius 1 is 0.315 bits per heavy atom. The highest BCUT2D eigenvalue weighted by molar-refractivity contribution is 7.47. The molecule has 0 aliphatic heterocycles. The second-order valence-electron chi connectivity index (χ2n) is 26.9. The maximum atomic E-state index is 13.0. The zero-order valence-corrected chi connectivity index (χ0v) is 59.8. The molecule has 0 aromatic carbocycles. The molecule has 0 aliphatic carbocycles. The number of carbonyl (C=O) groups is 4. The lowest BCUT2D eigenvalue weighted by Gasteiger charge is -2.21. The van der Waals surface area contributed by atoms with Gasteiger partial charge < -0.3 is 33.8 Å². The molecule has 0 rings (SSSR count). The molecule has 3 unspecified atom stereocenters. The van der Waals surface area contributed by atoms with Gasteiger partial charge in [-0.1, -0.05) is 293 Å². The first kappa shape index (κ1) is 87.1. The summed E-state index contributed by atoms with van der Waals surface area (Å²) in [7, 11) is -9.90. The van der Waals surface area contributed by atoms with Crippen LogP contribution >= 0.6 is 15.6 Å². The van der Waals surface area contributed by atoms with Crippen LogP contribution in [0, 0.1) is 23.7 Å². The molecule has 0 radical (unpaired) electrons. The Kier molecular flexibility index (Phi) is 58.5. The quantitative estimate of drug-likeness (QED) is 0.0222. The van der Waals surface area contributed by atoms with Crippen molar-refractivity contribution in [3.63, 3.8) is 0 Å². The van der Waals surface area contributed by atoms with Gasteiger partial charge in [0, 0.05) is 25.7 Å². The lowest BCUT2D eigenvalue weighted by molar-refractivity contribution is -0.161. The molecule has 0 fully saturated rings. The van der Waals surface area contributed by atoms with Crippen LogP contribution in [0.1, 0.15) is 344 Å². The standard InChI is InChI=1S/C70H136O17P2/c1-9-63(8)49-41-33-26-29-37-45-53-70(75)87-66(57-81-68(73)51-43-35-28-25-32-40-48-62(6)7)59-85-89(78,79)83-55-64(71)54-82-88(76,77)84-58-65(56-80-67(72)50-42-34-27-24-31-39-47-61(4)5)86-69(74)52-44-36-23-21-19-17-15-13-11-10-12-14-16-18-20-22-30-38-46-60(2)3/h60-66,71H,9-59H2,1-8H3,(H,76,77)(H,78,79)/t63?,64-,65-,66-/m1/s1. The van der Waals surface area contributed by atoms with Crippen molar-refractivity contribution in [2.24, 2.45) is 23.7 Å². The van der Waals surface area contributed by atoms with Crippen molar-refractivity contribution >= 4 is 39.5 Å². The smallest absolute Gasteiger partial charge is 0.462 e. The fourth-order valence-electron chi connectivity index (χ4n) is 10.5. The maximum absolute atomic E-state index is 13.0. The summed E-state index contributed by atoms with van der Waals surface area (Å²) in [5, 5.41) is 10.6. The molecule has 0 aliphatic rings. The number of ether oxygens (including phenoxy) is 4. The van der Waals surface area contributed by atoms with Gasteiger partial charge in [0.15, 0.2) is 12.2 Å². The van der Waals surface area contributed by atoms with Crippen molar-refractivity contribution in [3.05, 3.63) is 0 Å². The second-order valence-corrected chi connectivity index (χ2v) is 29.8. The van der Waals surface area contributed by atoms with E-state index in [0.29, 0.717) is 37.5 Å². The molecule has 0 aromatic rings. The summed E-state index contributed by atoms with van der Waals surface area (Å²) in [6.45, 7) is 14.0. The maximum Gasteiger partial charge on any atom is 0.472 e. The fourth-order valence-corrected chi connectivity index (χ4v) is 12.0. The lowest BCUT2D eigenvalue weighted by atomic mass is 10.00. The van der Waals surface area contributed by atoms with Gasteiger partial charge in [0.1, 0.15) is 19.3 Å². The Bertz CT molecular complexity index is 1770. The van der Waals surface area contributed by atoms with E-state index in [4.69, 9.17) is 37.0 Å². The SMILES string of the molecule is CCC(C)CCCCCCCCC(=O)O[C@H](COC(=O)CCCCCCCCC(C)C)COP(=O)(O)OC[C@H](O)COP(=O)(O)OC[C@@H](COC(=O)CCCCCCCCC(C)C)OC(=O)CCCCCCCCCCCCCCCCCCCCC(C)C. The van der Waals surface area contributed by atoms with Crippen LogP contribution in [0.2, 0.25) is 0 Å². The lowest BCUT2D eigenvalue weighted by Crippen LogP contribution is -2.30. The molecule has 0 saturated carbocycles. The van der Waals surface area contributed by atoms with E-state index in [-0.39, 0.29) is 25.7 Å². The topological polar surface area (TPSA) is 237 Å². The Hall–Kier alpha value is -1.94. The predicted molar refractivity (Wildman–Crippen MR) is 358 cm³/mol. The third-order valence-electron chi connectivity index (χ3n) is 16.4. The number of aliphatic hydroxyl groups excluding tert-OH is 1. The number of phosphoric ester groups is 2. The van der Waals surface area contributed by atoms with Crippen LogP contribution in [0.25, 0.3) is 0 Å². The summed E-state index contributed by atoms with van der Waals surface area (Å²) in [6.07, 6.45) is 42.2. The Morgan fingerprint density at radius 2 is 0.539 bits per heavy atom. The number of aliphatic hydroxyl groups is 1. The molecule has 89 heavy (non-hydrogen) atoms. The average Bonchev–Trinajstić information content (AvgIpc) is 3.51. The van der Waals surface area contributed by atoms with E-state index in [9.17, 15) is 43.2 Å². The number of unbranched alkanes of at least 4 members (excludes halogenated alkanes) is 32. The first-order valence-electron chi connectivity index (χ1n) is 36.2. The number of phosphoric acid groups is 2. The zero-order chi connectivity index (χ0) is 66.1. The molecule has 19 heteroatoms. The summed E-state index contributed by atoms with van der Waals surface area (Å²) < 4.78 is 68.1. The van der Waals surface area contributed by atoms with E-state index < -0.39 is 97.5 Å². The summed E-state index contributed by atoms with van der Waals surface area (Å²) in [6, 6.07) is 0. The first-order chi connectivity index (χ1) is 42.6. The van der Waals surface area contributed by atoms with E-state index in [1.807, 2.05) is 0 Å². The highest BCUT2D eigenvalue weighted by Crippen LogP contribution is 2.45. The monoisotopic (exact) mass is 1310 g/mol. The highest BCUT2D eigenvalue weighted by atomic mass is 31.2. The normalized spacial score (nSPS) is 14.6. The van der Waals surface area contributed by atoms with E-state index in [1.165, 1.54) is 135 Å². The third-order valence-corrected chi connectivity index (χ3v) is 18.3. The van der Waals surface area contributed by atoms with Crippen LogP contribution in [-0.4, -0.2) is 96.7 Å². The van der Waals surface area contributed by atoms with Gasteiger partial charge in [-0.25, -0.2) is 9.13 Å². The van der Waals surface area contributed by atoms with Crippen molar-refractivity contribution in [1.82, 2.24) is 0 Å². The molecule has 528 valence electrons. The van der Waals surface area contributed by atoms with Crippen LogP contribution < -0.4 is 0 Å². The summed E-state index contributed by atoms with van der Waals surface area (Å²) in [4.78, 5) is 72.4. The van der Waals surface area contributed by atoms with Gasteiger partial charge in [0.05, 0.1) is 26.4 Å². The van der Waals surface area contributed by atoms with Crippen LogP contribution in [0.4, 0.5) is 0 Å². The van der Waals surface area contributed by atoms with Crippen LogP contribution in [0.15, 0.2) is 0 Å². The van der Waals surface area contributed by atoms with Crippen LogP contribution in [0.3, 0.4) is 0 Å². The molecule has 0 aromatic heterocycles. The minimum Gasteiger partial charge on any atom is -0.462 e. The molecular weight excluding hydrogens is 1170 g/mol. The first-order valence-corrected chi connectivity index (χ1v) is 39.2. The number of carbonyl (C=O) groups excluding carboxylic acids is 4. The second kappa shape index (κ2) is 59.8. The van der Waals surface area contributed by atoms with Gasteiger partial charge in [0.25, 0.3) is 0 Å². The minimum absolute atomic E-state index is 0.101. The molecule has 0 bridgehead atoms. The van der Waals surface area contributed by atoms with Gasteiger partial charge in [0.2, 0.25) is 0 Å². The molecule has 0 spiro atoms. The fraction of sp³-hybridized carbons (Fsp3) is 0.943. The highest BCUT2D eigenvalue weighted by Gasteiger charge is 2.30. The van der Waals surface area contributed by atoms with Crippen molar-refractivity contribution in [1.29, 1.82) is 0 Å². The molecule has 0 amide bonds. The molecule has 17 nitrogen and oxygen atoms in total. The van der Waals surface area contributed by atoms with E-state index in [2.05, 4.69) is 55.4 Å². The van der Waals surface area contributed by atoms with Crippen molar-refractivity contribution in [2.45, 2.75) is 363 Å². The summed E-state index contributed by atoms with van der Waals surface area (Å²) >= 11 is 0. The Morgan fingerprint density at radius 3 is 0.798 bits per heavy atom. The molecule has 0 heterocycles. The van der Waals surface area contributed by atoms with Gasteiger partial charge in [-0.2, -0.15) is 0 Å². The molecular formula is C70H136O17P2. The number of hydrogen-bond donors (Lipinski definition) is 3. The van der Waals surface area contributed by atoms with E-state index >= 15 is 0 Å². The third kappa shape index (κ3) is 63.2. The van der Waals surface area contributed by atoms with Gasteiger partial charge in [-0.05, 0) is 49.4 Å². The van der Waals surface area contributed by atoms with E-state index in [0.717, 1.165) is 115 Å². The van der Waals surface area contributed by atoms with Crippen molar-refractivity contribution in [2.75, 3.05) is 39.6 Å². The summed E-state index contributed by atoms with van der Waals surface area (Å²) in [5.41, 5.74) is 0. The Balaban J connectivity index is 5.14. The van der Waals surface area contributed by atoms with Crippen LogP contribution in [-0.2, 0) is 65.4 Å². The molecule has 0 saturated heterocycles. The molecule has 6 atom stereocenters. The van der Waals surface area contributed by atoms with Gasteiger partial charge in [-0.3, -0.25) is 37.3 Å². The van der Waals surface area contributed by atoms with Crippen molar-refractivity contribution < 1.29 is 80.2 Å². The average molecular weight is 1310 g/mol. The number of hydrogen-bond acceptors (Lipinski definition) is 15. The van der Waals surface area contributed by atoms with Gasteiger partial charge >= 0.3 is 39.5 Å². The predicted octanol–water partition coefficient (Wildman–Crippen LogP) is 19.7. The zero-order valence-electron chi connectivity index (χ0n) is 58.1. The van der Waals surface area contributed by atoms with Gasteiger partial charge in [-0.15, -0.1) is 0 Å². The number of rotatable bonds is 67. The van der Waals surface area contributed by atoms with E-state index in [1.54, 1.807) is 0 Å². The van der Waals surface area contributed by atoms with Crippen molar-refractivity contribution in [3.8, 4) is 0 Å². The number of esters is 4. The van der Waals surface area contributed by atoms with Crippen LogP contribution in [0.5, 0.6) is 0 Å². The molecule has 3 N–H and O–H groups in total. The Labute approximate surface area is 543 Å². The largest absolute Gasteiger partial charge is 0.472 e.